The highest BCUT2D eigenvalue weighted by atomic mass is 16.6. The Morgan fingerprint density at radius 3 is 2.36 bits per heavy atom. The van der Waals surface area contributed by atoms with Crippen molar-refractivity contribution in [3.05, 3.63) is 41.9 Å². The van der Waals surface area contributed by atoms with Gasteiger partial charge in [0.2, 0.25) is 5.88 Å². The SMILES string of the molecule is CC1CC(NC(=O)OC(C)(C)C)CN(c2ccncc2NC(=O)c2c(NC(=O)OC(C)(C)C)oc3cc(C4CCOCC4)cnc23)C1. The van der Waals surface area contributed by atoms with Gasteiger partial charge < -0.3 is 34.2 Å². The van der Waals surface area contributed by atoms with Gasteiger partial charge in [0.25, 0.3) is 5.91 Å². The summed E-state index contributed by atoms with van der Waals surface area (Å²) in [4.78, 5) is 50.4. The first kappa shape index (κ1) is 34.0. The van der Waals surface area contributed by atoms with E-state index in [1.807, 2.05) is 32.9 Å². The molecule has 47 heavy (non-hydrogen) atoms. The van der Waals surface area contributed by atoms with Crippen LogP contribution in [0.3, 0.4) is 0 Å². The van der Waals surface area contributed by atoms with Gasteiger partial charge in [-0.25, -0.2) is 9.59 Å². The third-order valence-corrected chi connectivity index (χ3v) is 7.85. The number of hydrogen-bond acceptors (Lipinski definition) is 10. The van der Waals surface area contributed by atoms with Crippen molar-refractivity contribution >= 4 is 46.5 Å². The van der Waals surface area contributed by atoms with E-state index >= 15 is 0 Å². The van der Waals surface area contributed by atoms with E-state index in [0.717, 1.165) is 30.5 Å². The quantitative estimate of drug-likeness (QED) is 0.271. The van der Waals surface area contributed by atoms with E-state index < -0.39 is 29.3 Å². The fourth-order valence-electron chi connectivity index (χ4n) is 6.01. The Hall–Kier alpha value is -4.39. The Morgan fingerprint density at radius 1 is 0.957 bits per heavy atom. The van der Waals surface area contributed by atoms with Gasteiger partial charge in [-0.3, -0.25) is 20.1 Å². The lowest BCUT2D eigenvalue weighted by Crippen LogP contribution is -2.51. The number of alkyl carbamates (subject to hydrolysis) is 1. The Bertz CT molecular complexity index is 1600. The van der Waals surface area contributed by atoms with E-state index in [0.29, 0.717) is 43.1 Å². The molecular formula is C34H46N6O7. The number of carbonyl (C=O) groups excluding carboxylic acids is 3. The highest BCUT2D eigenvalue weighted by Crippen LogP contribution is 2.35. The number of pyridine rings is 2. The van der Waals surface area contributed by atoms with E-state index in [1.54, 1.807) is 39.4 Å². The second-order valence-corrected chi connectivity index (χ2v) is 14.4. The molecule has 0 spiro atoms. The van der Waals surface area contributed by atoms with Crippen LogP contribution < -0.4 is 20.9 Å². The predicted octanol–water partition coefficient (Wildman–Crippen LogP) is 6.46. The number of rotatable bonds is 6. The number of hydrogen-bond donors (Lipinski definition) is 3. The molecule has 0 radical (unpaired) electrons. The van der Waals surface area contributed by atoms with Crippen molar-refractivity contribution < 1.29 is 33.0 Å². The monoisotopic (exact) mass is 650 g/mol. The number of furan rings is 1. The lowest BCUT2D eigenvalue weighted by Gasteiger charge is -2.39. The third kappa shape index (κ3) is 8.91. The number of piperidine rings is 1. The van der Waals surface area contributed by atoms with Crippen molar-refractivity contribution in [2.75, 3.05) is 41.8 Å². The molecule has 2 aliphatic rings. The molecule has 3 amide bonds. The molecule has 2 unspecified atom stereocenters. The first-order chi connectivity index (χ1) is 22.1. The lowest BCUT2D eigenvalue weighted by atomic mass is 9.93. The number of nitrogens with one attached hydrogen (secondary N) is 3. The van der Waals surface area contributed by atoms with Gasteiger partial charge in [0.1, 0.15) is 22.3 Å². The molecular weight excluding hydrogens is 604 g/mol. The van der Waals surface area contributed by atoms with Crippen LogP contribution in [0.4, 0.5) is 26.8 Å². The van der Waals surface area contributed by atoms with E-state index in [1.165, 1.54) is 0 Å². The molecule has 3 N–H and O–H groups in total. The molecule has 254 valence electrons. The highest BCUT2D eigenvalue weighted by Gasteiger charge is 2.31. The minimum atomic E-state index is -0.765. The Labute approximate surface area is 275 Å². The smallest absolute Gasteiger partial charge is 0.414 e. The Kier molecular flexibility index (Phi) is 9.94. The van der Waals surface area contributed by atoms with Crippen LogP contribution in [0.5, 0.6) is 0 Å². The number of anilines is 3. The van der Waals surface area contributed by atoms with Gasteiger partial charge in [0.05, 0.1) is 17.6 Å². The number of nitrogens with zero attached hydrogens (tertiary/aromatic N) is 3. The third-order valence-electron chi connectivity index (χ3n) is 7.85. The number of amides is 3. The van der Waals surface area contributed by atoms with E-state index in [9.17, 15) is 14.4 Å². The molecule has 0 saturated carbocycles. The van der Waals surface area contributed by atoms with Gasteiger partial charge in [-0.05, 0) is 90.3 Å². The summed E-state index contributed by atoms with van der Waals surface area (Å²) < 4.78 is 22.5. The average molecular weight is 651 g/mol. The Balaban J connectivity index is 1.42. The first-order valence-corrected chi connectivity index (χ1v) is 16.1. The van der Waals surface area contributed by atoms with Gasteiger partial charge >= 0.3 is 12.2 Å². The summed E-state index contributed by atoms with van der Waals surface area (Å²) in [6.07, 6.45) is 6.25. The number of carbonyl (C=O) groups is 3. The minimum Gasteiger partial charge on any atom is -0.444 e. The van der Waals surface area contributed by atoms with Crippen molar-refractivity contribution in [3.8, 4) is 0 Å². The fraction of sp³-hybridized carbons (Fsp3) is 0.559. The molecule has 0 aliphatic carbocycles. The number of ether oxygens (including phenoxy) is 3. The maximum absolute atomic E-state index is 14.1. The summed E-state index contributed by atoms with van der Waals surface area (Å²) in [6, 6.07) is 3.53. The van der Waals surface area contributed by atoms with Crippen molar-refractivity contribution in [2.24, 2.45) is 5.92 Å². The van der Waals surface area contributed by atoms with Crippen LogP contribution in [0.1, 0.15) is 89.6 Å². The lowest BCUT2D eigenvalue weighted by molar-refractivity contribution is 0.0494. The average Bonchev–Trinajstić information content (AvgIpc) is 3.32. The van der Waals surface area contributed by atoms with Crippen molar-refractivity contribution in [1.29, 1.82) is 0 Å². The van der Waals surface area contributed by atoms with Crippen molar-refractivity contribution in [2.45, 2.75) is 90.9 Å². The molecule has 0 bridgehead atoms. The topological polar surface area (TPSA) is 157 Å². The molecule has 13 heteroatoms. The number of aromatic nitrogens is 2. The summed E-state index contributed by atoms with van der Waals surface area (Å²) >= 11 is 0. The van der Waals surface area contributed by atoms with Gasteiger partial charge in [-0.2, -0.15) is 0 Å². The molecule has 2 aliphatic heterocycles. The predicted molar refractivity (Wildman–Crippen MR) is 178 cm³/mol. The van der Waals surface area contributed by atoms with Crippen LogP contribution in [0.15, 0.2) is 35.1 Å². The largest absolute Gasteiger partial charge is 0.444 e. The molecule has 5 heterocycles. The van der Waals surface area contributed by atoms with Gasteiger partial charge in [-0.15, -0.1) is 0 Å². The fourth-order valence-corrected chi connectivity index (χ4v) is 6.01. The van der Waals surface area contributed by atoms with Crippen LogP contribution in [-0.2, 0) is 14.2 Å². The summed E-state index contributed by atoms with van der Waals surface area (Å²) in [5.41, 5.74) is 1.55. The maximum atomic E-state index is 14.1. The zero-order valence-electron chi connectivity index (χ0n) is 28.3. The second-order valence-electron chi connectivity index (χ2n) is 14.4. The van der Waals surface area contributed by atoms with E-state index in [-0.39, 0.29) is 29.3 Å². The van der Waals surface area contributed by atoms with Crippen LogP contribution in [0.2, 0.25) is 0 Å². The summed E-state index contributed by atoms with van der Waals surface area (Å²) in [5, 5.41) is 8.59. The van der Waals surface area contributed by atoms with Gasteiger partial charge in [-0.1, -0.05) is 6.92 Å². The Morgan fingerprint density at radius 2 is 1.66 bits per heavy atom. The molecule has 2 atom stereocenters. The van der Waals surface area contributed by atoms with Crippen LogP contribution in [-0.4, -0.2) is 71.6 Å². The minimum absolute atomic E-state index is 0.0654. The summed E-state index contributed by atoms with van der Waals surface area (Å²) in [7, 11) is 0. The summed E-state index contributed by atoms with van der Waals surface area (Å²) in [5.74, 6) is -0.105. The molecule has 0 aromatic carbocycles. The first-order valence-electron chi connectivity index (χ1n) is 16.1. The molecule has 3 aromatic heterocycles. The van der Waals surface area contributed by atoms with Crippen LogP contribution in [0, 0.1) is 5.92 Å². The van der Waals surface area contributed by atoms with Crippen LogP contribution >= 0.6 is 0 Å². The van der Waals surface area contributed by atoms with Crippen molar-refractivity contribution in [3.63, 3.8) is 0 Å². The maximum Gasteiger partial charge on any atom is 0.414 e. The molecule has 5 rings (SSSR count). The molecule has 2 fully saturated rings. The highest BCUT2D eigenvalue weighted by molar-refractivity contribution is 6.16. The van der Waals surface area contributed by atoms with Gasteiger partial charge in [0.15, 0.2) is 5.58 Å². The number of fused-ring (bicyclic) bond motifs is 1. The zero-order valence-corrected chi connectivity index (χ0v) is 28.3. The second kappa shape index (κ2) is 13.8. The standard InChI is InChI=1S/C34H46N6O7/c1-20-14-23(37-31(42)46-33(2,3)4)19-40(18-20)25-8-11-35-17-24(25)38-29(41)27-28-26(45-30(27)39-32(43)47-34(5,6)7)15-22(16-36-28)21-9-12-44-13-10-21/h8,11,15-17,20-21,23H,9-10,12-14,18-19H2,1-7H3,(H,37,42)(H,38,41)(H,39,43). The molecule has 13 nitrogen and oxygen atoms in total. The van der Waals surface area contributed by atoms with Gasteiger partial charge in [0, 0.05) is 44.7 Å². The van der Waals surface area contributed by atoms with Crippen molar-refractivity contribution in [1.82, 2.24) is 15.3 Å². The van der Waals surface area contributed by atoms with E-state index in [4.69, 9.17) is 18.6 Å². The van der Waals surface area contributed by atoms with Crippen LogP contribution in [0.25, 0.3) is 11.1 Å². The normalized spacial score (nSPS) is 19.3. The summed E-state index contributed by atoms with van der Waals surface area (Å²) in [6.45, 7) is 15.4. The molecule has 3 aromatic rings. The van der Waals surface area contributed by atoms with E-state index in [2.05, 4.69) is 37.7 Å². The zero-order chi connectivity index (χ0) is 33.9. The molecule has 2 saturated heterocycles.